The molecule has 11 nitrogen and oxygen atoms in total. The lowest BCUT2D eigenvalue weighted by Crippen LogP contribution is -2.57. The average molecular weight is 600 g/mol. The summed E-state index contributed by atoms with van der Waals surface area (Å²) in [6, 6.07) is 5.28. The fraction of sp³-hybridized carbons (Fsp3) is 0.467. The Kier molecular flexibility index (Phi) is 9.04. The molecular formula is C30H35F2N5O6. The summed E-state index contributed by atoms with van der Waals surface area (Å²) in [6.07, 6.45) is 4.95. The lowest BCUT2D eigenvalue weighted by atomic mass is 9.79. The highest BCUT2D eigenvalue weighted by Crippen LogP contribution is 2.39. The van der Waals surface area contributed by atoms with Crippen molar-refractivity contribution in [1.29, 1.82) is 0 Å². The van der Waals surface area contributed by atoms with Gasteiger partial charge in [0.2, 0.25) is 0 Å². The van der Waals surface area contributed by atoms with Gasteiger partial charge in [0, 0.05) is 38.5 Å². The zero-order valence-electron chi connectivity index (χ0n) is 24.0. The van der Waals surface area contributed by atoms with Crippen LogP contribution in [0.25, 0.3) is 0 Å². The highest BCUT2D eigenvalue weighted by Gasteiger charge is 2.45. The molecule has 1 aromatic carbocycles. The number of amides is 4. The van der Waals surface area contributed by atoms with E-state index < -0.39 is 41.3 Å². The van der Waals surface area contributed by atoms with Crippen molar-refractivity contribution in [1.82, 2.24) is 25.4 Å². The van der Waals surface area contributed by atoms with E-state index in [1.54, 1.807) is 6.20 Å². The van der Waals surface area contributed by atoms with Crippen LogP contribution < -0.4 is 10.6 Å². The first-order chi connectivity index (χ1) is 20.6. The van der Waals surface area contributed by atoms with Crippen molar-refractivity contribution in [3.8, 4) is 0 Å². The number of hydrogen-bond acceptors (Lipinski definition) is 8. The molecule has 2 aromatic rings. The first-order valence-electron chi connectivity index (χ1n) is 14.2. The van der Waals surface area contributed by atoms with Crippen molar-refractivity contribution in [3.63, 3.8) is 0 Å². The second-order valence-electron chi connectivity index (χ2n) is 11.1. The Morgan fingerprint density at radius 2 is 1.91 bits per heavy atom. The Morgan fingerprint density at radius 3 is 2.56 bits per heavy atom. The van der Waals surface area contributed by atoms with Gasteiger partial charge < -0.3 is 25.2 Å². The Morgan fingerprint density at radius 1 is 1.14 bits per heavy atom. The molecule has 0 spiro atoms. The summed E-state index contributed by atoms with van der Waals surface area (Å²) in [5, 5.41) is 16.6. The van der Waals surface area contributed by atoms with Crippen molar-refractivity contribution in [2.75, 3.05) is 33.9 Å². The van der Waals surface area contributed by atoms with Crippen molar-refractivity contribution in [2.24, 2.45) is 0 Å². The summed E-state index contributed by atoms with van der Waals surface area (Å²) in [4.78, 5) is 47.3. The van der Waals surface area contributed by atoms with Crippen molar-refractivity contribution in [2.45, 2.75) is 55.8 Å². The molecule has 230 valence electrons. The smallest absolute Gasteiger partial charge is 0.338 e. The van der Waals surface area contributed by atoms with Crippen LogP contribution in [-0.2, 0) is 19.9 Å². The number of benzene rings is 1. The number of aliphatic hydroxyl groups is 1. The number of aromatic nitrogens is 1. The van der Waals surface area contributed by atoms with Crippen LogP contribution in [0.3, 0.4) is 0 Å². The van der Waals surface area contributed by atoms with E-state index in [1.807, 2.05) is 18.2 Å². The van der Waals surface area contributed by atoms with Gasteiger partial charge in [0.25, 0.3) is 0 Å². The second kappa shape index (κ2) is 12.7. The van der Waals surface area contributed by atoms with E-state index in [4.69, 9.17) is 9.47 Å². The molecule has 3 aliphatic rings. The number of carbonyl (C=O) groups is 3. The first kappa shape index (κ1) is 30.5. The number of hydrogen-bond donors (Lipinski definition) is 3. The van der Waals surface area contributed by atoms with Gasteiger partial charge in [-0.3, -0.25) is 9.88 Å². The van der Waals surface area contributed by atoms with Gasteiger partial charge >= 0.3 is 18.0 Å². The number of rotatable bonds is 7. The van der Waals surface area contributed by atoms with Crippen LogP contribution in [0, 0.1) is 11.6 Å². The van der Waals surface area contributed by atoms with Gasteiger partial charge in [0.1, 0.15) is 11.6 Å². The number of methoxy groups -OCH3 is 2. The first-order valence-corrected chi connectivity index (χ1v) is 14.2. The number of ether oxygens (including phenoxy) is 2. The third-order valence-corrected chi connectivity index (χ3v) is 8.49. The number of imide groups is 1. The Bertz CT molecular complexity index is 1400. The molecule has 2 aliphatic heterocycles. The normalized spacial score (nSPS) is 26.3. The minimum absolute atomic E-state index is 0.00792. The van der Waals surface area contributed by atoms with Crippen molar-refractivity contribution < 1.29 is 37.7 Å². The van der Waals surface area contributed by atoms with Crippen molar-refractivity contribution >= 4 is 18.0 Å². The van der Waals surface area contributed by atoms with Gasteiger partial charge in [-0.2, -0.15) is 0 Å². The van der Waals surface area contributed by atoms with Gasteiger partial charge in [0.15, 0.2) is 11.6 Å². The van der Waals surface area contributed by atoms with E-state index in [2.05, 4.69) is 20.5 Å². The molecule has 13 heteroatoms. The molecule has 3 N–H and O–H groups in total. The van der Waals surface area contributed by atoms with Gasteiger partial charge in [-0.05, 0) is 61.9 Å². The second-order valence-corrected chi connectivity index (χ2v) is 11.1. The third kappa shape index (κ3) is 6.24. The van der Waals surface area contributed by atoms with Gasteiger partial charge in [-0.1, -0.05) is 12.1 Å². The number of likely N-dealkylation sites (tertiary alicyclic amines) is 1. The molecule has 0 unspecified atom stereocenters. The SMILES string of the molecule is COCC1=C(C(=O)OC)[C@H](c2ccc(F)c(F)c2)N(C(=O)N[C@@H]2CCN(C3CCC(O)(c4ccccn4)CC3)C2)C(=O)N1. The lowest BCUT2D eigenvalue weighted by molar-refractivity contribution is -0.137. The topological polar surface area (TPSA) is 133 Å². The highest BCUT2D eigenvalue weighted by atomic mass is 19.2. The maximum absolute atomic E-state index is 14.3. The Hall–Kier alpha value is -3.94. The molecule has 0 bridgehead atoms. The van der Waals surface area contributed by atoms with E-state index in [1.165, 1.54) is 13.2 Å². The third-order valence-electron chi connectivity index (χ3n) is 8.49. The quantitative estimate of drug-likeness (QED) is 0.414. The molecule has 0 radical (unpaired) electrons. The average Bonchev–Trinajstić information content (AvgIpc) is 3.47. The fourth-order valence-electron chi connectivity index (χ4n) is 6.30. The summed E-state index contributed by atoms with van der Waals surface area (Å²) >= 11 is 0. The number of nitrogens with one attached hydrogen (secondary N) is 2. The predicted octanol–water partition coefficient (Wildman–Crippen LogP) is 3.11. The van der Waals surface area contributed by atoms with E-state index in [0.717, 1.165) is 37.0 Å². The molecular weight excluding hydrogens is 564 g/mol. The molecule has 1 aliphatic carbocycles. The van der Waals surface area contributed by atoms with Crippen LogP contribution in [0.2, 0.25) is 0 Å². The monoisotopic (exact) mass is 599 g/mol. The van der Waals surface area contributed by atoms with Crippen LogP contribution in [0.15, 0.2) is 53.9 Å². The summed E-state index contributed by atoms with van der Waals surface area (Å²) < 4.78 is 38.2. The molecule has 1 saturated carbocycles. The molecule has 5 rings (SSSR count). The van der Waals surface area contributed by atoms with E-state index in [-0.39, 0.29) is 35.5 Å². The van der Waals surface area contributed by atoms with Crippen LogP contribution in [0.5, 0.6) is 0 Å². The molecule has 1 aromatic heterocycles. The van der Waals surface area contributed by atoms with Crippen LogP contribution in [0.4, 0.5) is 18.4 Å². The predicted molar refractivity (Wildman–Crippen MR) is 149 cm³/mol. The number of esters is 1. The molecule has 2 fully saturated rings. The lowest BCUT2D eigenvalue weighted by Gasteiger charge is -2.39. The standard InChI is InChI=1S/C30H35F2N5O6/c1-42-17-23-25(27(38)43-2)26(18-6-7-21(31)22(32)15-18)37(29(40)35-23)28(39)34-19-10-14-36(16-19)20-8-11-30(41,12-9-20)24-5-3-4-13-33-24/h3-7,13,15,19-20,26,41H,8-12,14,16-17H2,1-2H3,(H,34,39)(H,35,40)/t19-,20?,26+,30?/m1/s1. The number of nitrogens with zero attached hydrogens (tertiary/aromatic N) is 3. The van der Waals surface area contributed by atoms with Crippen LogP contribution >= 0.6 is 0 Å². The van der Waals surface area contributed by atoms with Gasteiger partial charge in [-0.15, -0.1) is 0 Å². The largest absolute Gasteiger partial charge is 0.466 e. The molecule has 3 heterocycles. The number of halogens is 2. The molecule has 2 atom stereocenters. The maximum Gasteiger partial charge on any atom is 0.338 e. The number of urea groups is 2. The Balaban J connectivity index is 1.32. The number of carbonyl (C=O) groups excluding carboxylic acids is 3. The zero-order chi connectivity index (χ0) is 30.7. The number of pyridine rings is 1. The van der Waals surface area contributed by atoms with Crippen LogP contribution in [0.1, 0.15) is 49.4 Å². The molecule has 1 saturated heterocycles. The summed E-state index contributed by atoms with van der Waals surface area (Å²) in [5.74, 6) is -3.18. The summed E-state index contributed by atoms with van der Waals surface area (Å²) in [7, 11) is 2.50. The highest BCUT2D eigenvalue weighted by molar-refractivity contribution is 6.01. The Labute approximate surface area is 247 Å². The molecule has 4 amide bonds. The maximum atomic E-state index is 14.3. The summed E-state index contributed by atoms with van der Waals surface area (Å²) in [5.41, 5.74) is -0.374. The molecule has 43 heavy (non-hydrogen) atoms. The summed E-state index contributed by atoms with van der Waals surface area (Å²) in [6.45, 7) is 1.04. The van der Waals surface area contributed by atoms with E-state index in [0.29, 0.717) is 38.0 Å². The van der Waals surface area contributed by atoms with E-state index >= 15 is 0 Å². The van der Waals surface area contributed by atoms with Gasteiger partial charge in [-0.25, -0.2) is 28.1 Å². The zero-order valence-corrected chi connectivity index (χ0v) is 24.0. The van der Waals surface area contributed by atoms with Gasteiger partial charge in [0.05, 0.1) is 30.7 Å². The minimum Gasteiger partial charge on any atom is -0.466 e. The minimum atomic E-state index is -1.40. The van der Waals surface area contributed by atoms with Crippen molar-refractivity contribution in [3.05, 3.63) is 76.8 Å². The van der Waals surface area contributed by atoms with Crippen LogP contribution in [-0.4, -0.2) is 83.9 Å². The van der Waals surface area contributed by atoms with E-state index in [9.17, 15) is 28.3 Å². The fourth-order valence-corrected chi connectivity index (χ4v) is 6.30.